The molecule has 2 aliphatic heterocycles. The molecule has 3 fully saturated rings. The third-order valence-electron chi connectivity index (χ3n) is 7.73. The van der Waals surface area contributed by atoms with Gasteiger partial charge < -0.3 is 24.7 Å². The van der Waals surface area contributed by atoms with Crippen LogP contribution in [0.3, 0.4) is 0 Å². The van der Waals surface area contributed by atoms with Gasteiger partial charge in [-0.05, 0) is 42.9 Å². The van der Waals surface area contributed by atoms with E-state index < -0.39 is 24.3 Å². The molecule has 250 valence electrons. The van der Waals surface area contributed by atoms with Crippen molar-refractivity contribution in [3.8, 4) is 0 Å². The summed E-state index contributed by atoms with van der Waals surface area (Å²) in [6.07, 6.45) is -0.386. The number of rotatable bonds is 8. The number of carboxylic acid groups (broad SMARTS) is 2. The van der Waals surface area contributed by atoms with Crippen molar-refractivity contribution >= 4 is 17.8 Å². The van der Waals surface area contributed by atoms with Crippen LogP contribution in [0.1, 0.15) is 30.5 Å². The number of amides is 1. The second-order valence-corrected chi connectivity index (χ2v) is 11.4. The molecule has 2 aromatic rings. The fourth-order valence-corrected chi connectivity index (χ4v) is 5.38. The molecule has 45 heavy (non-hydrogen) atoms. The van der Waals surface area contributed by atoms with E-state index in [0.29, 0.717) is 18.9 Å². The Labute approximate surface area is 254 Å². The number of carboxylic acids is 2. The average Bonchev–Trinajstić information content (AvgIpc) is 3.35. The summed E-state index contributed by atoms with van der Waals surface area (Å²) in [7, 11) is 1.89. The lowest BCUT2D eigenvalue weighted by Gasteiger charge is -2.30. The zero-order valence-corrected chi connectivity index (χ0v) is 24.4. The zero-order chi connectivity index (χ0) is 33.4. The van der Waals surface area contributed by atoms with Crippen LogP contribution in [0.15, 0.2) is 36.8 Å². The third kappa shape index (κ3) is 11.3. The highest BCUT2D eigenvalue weighted by Crippen LogP contribution is 2.45. The van der Waals surface area contributed by atoms with Crippen molar-refractivity contribution in [3.05, 3.63) is 48.0 Å². The number of likely N-dealkylation sites (tertiary alicyclic amines) is 2. The van der Waals surface area contributed by atoms with Gasteiger partial charge in [0.05, 0.1) is 25.3 Å². The molecule has 5 rings (SSSR count). The fourth-order valence-electron chi connectivity index (χ4n) is 5.38. The topological polar surface area (TPSA) is 138 Å². The number of pyridine rings is 1. The number of nitrogens with zero attached hydrogens (tertiary/aromatic N) is 5. The second kappa shape index (κ2) is 15.0. The first-order valence-corrected chi connectivity index (χ1v) is 14.0. The Morgan fingerprint density at radius 3 is 2.20 bits per heavy atom. The molecule has 0 unspecified atom stereocenters. The van der Waals surface area contributed by atoms with Gasteiger partial charge in [0.25, 0.3) is 0 Å². The normalized spacial score (nSPS) is 21.6. The van der Waals surface area contributed by atoms with E-state index in [1.165, 1.54) is 19.4 Å². The minimum atomic E-state index is -5.08. The lowest BCUT2D eigenvalue weighted by atomic mass is 9.77. The number of halogens is 6. The predicted molar refractivity (Wildman–Crippen MR) is 144 cm³/mol. The maximum Gasteiger partial charge on any atom is 0.490 e. The van der Waals surface area contributed by atoms with Gasteiger partial charge in [-0.2, -0.15) is 31.4 Å². The first kappa shape index (κ1) is 35.7. The lowest BCUT2D eigenvalue weighted by molar-refractivity contribution is -0.193. The predicted octanol–water partition coefficient (Wildman–Crippen LogP) is 3.40. The minimum absolute atomic E-state index is 0.156. The van der Waals surface area contributed by atoms with E-state index in [0.717, 1.165) is 56.4 Å². The standard InChI is InChI=1S/C24H33N5O2.2C2HF3O2/c1-27-9-6-22(26-27)11-23(30)29-10-7-24(18-29)17-28(13-19-4-5-19)14-21(24)16-31-15-20-3-2-8-25-12-20;2*3-2(4,5)1(6)7/h2-3,6,8-9,12,19,21H,4-5,7,10-11,13-18H2,1H3;2*(H,6,7)/t21-,24-;;/m1../s1. The number of ether oxygens (including phenoxy) is 1. The van der Waals surface area contributed by atoms with Crippen molar-refractivity contribution < 1.29 is 55.7 Å². The molecule has 11 nitrogen and oxygen atoms in total. The highest BCUT2D eigenvalue weighted by atomic mass is 19.4. The Morgan fingerprint density at radius 2 is 1.69 bits per heavy atom. The zero-order valence-electron chi connectivity index (χ0n) is 24.4. The SMILES string of the molecule is Cn1ccc(CC(=O)N2CC[C@@]3(CN(CC4CC4)C[C@@H]3COCc3cccnc3)C2)n1.O=C(O)C(F)(F)F.O=C(O)C(F)(F)F. The van der Waals surface area contributed by atoms with E-state index in [1.807, 2.05) is 31.6 Å². The molecule has 1 spiro atoms. The molecule has 2 aromatic heterocycles. The van der Waals surface area contributed by atoms with Gasteiger partial charge in [0.15, 0.2) is 0 Å². The molecule has 3 aliphatic rings. The largest absolute Gasteiger partial charge is 0.490 e. The van der Waals surface area contributed by atoms with Crippen LogP contribution in [-0.4, -0.2) is 104 Å². The summed E-state index contributed by atoms with van der Waals surface area (Å²) >= 11 is 0. The van der Waals surface area contributed by atoms with Gasteiger partial charge in [-0.15, -0.1) is 0 Å². The molecule has 0 radical (unpaired) electrons. The van der Waals surface area contributed by atoms with Crippen LogP contribution in [0.25, 0.3) is 0 Å². The van der Waals surface area contributed by atoms with Crippen LogP contribution in [0.5, 0.6) is 0 Å². The third-order valence-corrected chi connectivity index (χ3v) is 7.73. The van der Waals surface area contributed by atoms with Crippen LogP contribution in [0.4, 0.5) is 26.3 Å². The molecule has 4 heterocycles. The maximum atomic E-state index is 13.0. The van der Waals surface area contributed by atoms with Gasteiger partial charge >= 0.3 is 24.3 Å². The number of hydrogen-bond acceptors (Lipinski definition) is 7. The second-order valence-electron chi connectivity index (χ2n) is 11.4. The number of aliphatic carboxylic acids is 2. The van der Waals surface area contributed by atoms with Gasteiger partial charge in [-0.25, -0.2) is 9.59 Å². The van der Waals surface area contributed by atoms with Crippen LogP contribution in [0.2, 0.25) is 0 Å². The highest BCUT2D eigenvalue weighted by molar-refractivity contribution is 5.78. The monoisotopic (exact) mass is 651 g/mol. The maximum absolute atomic E-state index is 13.0. The number of carbonyl (C=O) groups excluding carboxylic acids is 1. The lowest BCUT2D eigenvalue weighted by Crippen LogP contribution is -2.38. The Morgan fingerprint density at radius 1 is 1.04 bits per heavy atom. The molecular formula is C28H35F6N5O6. The molecule has 2 atom stereocenters. The molecule has 1 amide bonds. The number of aromatic nitrogens is 3. The van der Waals surface area contributed by atoms with Crippen LogP contribution in [0, 0.1) is 17.3 Å². The van der Waals surface area contributed by atoms with Crippen LogP contribution in [-0.2, 0) is 39.2 Å². The summed E-state index contributed by atoms with van der Waals surface area (Å²) in [5.74, 6) is -3.96. The summed E-state index contributed by atoms with van der Waals surface area (Å²) in [5, 5.41) is 18.6. The van der Waals surface area contributed by atoms with Crippen molar-refractivity contribution in [2.24, 2.45) is 24.3 Å². The van der Waals surface area contributed by atoms with Gasteiger partial charge in [0.1, 0.15) is 0 Å². The number of carbonyl (C=O) groups is 3. The molecule has 1 saturated carbocycles. The molecule has 2 saturated heterocycles. The average molecular weight is 652 g/mol. The van der Waals surface area contributed by atoms with Gasteiger partial charge in [-0.3, -0.25) is 14.5 Å². The van der Waals surface area contributed by atoms with E-state index in [2.05, 4.69) is 25.9 Å². The molecule has 0 bridgehead atoms. The van der Waals surface area contributed by atoms with Crippen molar-refractivity contribution in [1.29, 1.82) is 0 Å². The Hall–Kier alpha value is -3.73. The van der Waals surface area contributed by atoms with Crippen molar-refractivity contribution in [1.82, 2.24) is 24.6 Å². The smallest absolute Gasteiger partial charge is 0.475 e. The molecule has 1 aliphatic carbocycles. The Kier molecular flexibility index (Phi) is 11.9. The fraction of sp³-hybridized carbons (Fsp3) is 0.607. The summed E-state index contributed by atoms with van der Waals surface area (Å²) in [4.78, 5) is 39.7. The molecule has 17 heteroatoms. The Balaban J connectivity index is 0.000000331. The number of alkyl halides is 6. The van der Waals surface area contributed by atoms with Crippen molar-refractivity contribution in [2.75, 3.05) is 39.3 Å². The van der Waals surface area contributed by atoms with E-state index >= 15 is 0 Å². The first-order chi connectivity index (χ1) is 21.0. The quantitative estimate of drug-likeness (QED) is 0.412. The van der Waals surface area contributed by atoms with Gasteiger partial charge in [0.2, 0.25) is 5.91 Å². The van der Waals surface area contributed by atoms with Crippen molar-refractivity contribution in [2.45, 2.75) is 44.6 Å². The molecule has 2 N–H and O–H groups in total. The summed E-state index contributed by atoms with van der Waals surface area (Å²) in [6.45, 7) is 6.44. The van der Waals surface area contributed by atoms with E-state index in [4.69, 9.17) is 24.5 Å². The summed E-state index contributed by atoms with van der Waals surface area (Å²) in [5.41, 5.74) is 2.12. The highest BCUT2D eigenvalue weighted by Gasteiger charge is 2.51. The Bertz CT molecular complexity index is 1260. The number of hydrogen-bond donors (Lipinski definition) is 2. The van der Waals surface area contributed by atoms with Crippen LogP contribution >= 0.6 is 0 Å². The van der Waals surface area contributed by atoms with E-state index in [9.17, 15) is 31.1 Å². The van der Waals surface area contributed by atoms with Crippen molar-refractivity contribution in [3.63, 3.8) is 0 Å². The molecular weight excluding hydrogens is 616 g/mol. The summed E-state index contributed by atoms with van der Waals surface area (Å²) in [6, 6.07) is 5.95. The van der Waals surface area contributed by atoms with Gasteiger partial charge in [-0.1, -0.05) is 6.07 Å². The molecule has 0 aromatic carbocycles. The number of aryl methyl sites for hydroxylation is 1. The van der Waals surface area contributed by atoms with E-state index in [-0.39, 0.29) is 11.3 Å². The van der Waals surface area contributed by atoms with E-state index in [1.54, 1.807) is 10.9 Å². The van der Waals surface area contributed by atoms with Crippen LogP contribution < -0.4 is 0 Å². The van der Waals surface area contributed by atoms with Gasteiger partial charge in [0, 0.05) is 69.7 Å². The first-order valence-electron chi connectivity index (χ1n) is 14.0. The minimum Gasteiger partial charge on any atom is -0.475 e. The summed E-state index contributed by atoms with van der Waals surface area (Å²) < 4.78 is 71.4.